The molecule has 0 radical (unpaired) electrons. The van der Waals surface area contributed by atoms with Gasteiger partial charge in [0.1, 0.15) is 6.61 Å². The van der Waals surface area contributed by atoms with Crippen molar-refractivity contribution in [1.29, 1.82) is 0 Å². The Morgan fingerprint density at radius 2 is 1.43 bits per heavy atom. The molecule has 0 aliphatic heterocycles. The molecule has 0 rings (SSSR count). The standard InChI is InChI=1S/C20H40NO8P/c1-3-5-7-8-9-11-12-19(22)26-16-18(29-20(23)13-10-6-4-2)17-28-30(24,25)27-15-14-21/h18H,3-17,21H2,1-2H3,(H,24,25)/t18-/m1/s1. The Morgan fingerprint density at radius 1 is 0.867 bits per heavy atom. The summed E-state index contributed by atoms with van der Waals surface area (Å²) in [4.78, 5) is 33.5. The smallest absolute Gasteiger partial charge is 0.462 e. The average molecular weight is 454 g/mol. The van der Waals surface area contributed by atoms with E-state index in [0.29, 0.717) is 6.42 Å². The fraction of sp³-hybridized carbons (Fsp3) is 0.900. The molecule has 0 aromatic heterocycles. The van der Waals surface area contributed by atoms with Crippen molar-refractivity contribution in [1.82, 2.24) is 0 Å². The number of ether oxygens (including phenoxy) is 2. The Balaban J connectivity index is 4.44. The lowest BCUT2D eigenvalue weighted by Gasteiger charge is -2.19. The SMILES string of the molecule is CCCCCCCCC(=O)OC[C@H](COP(=O)(O)OCCN)OC(=O)CCCCC. The van der Waals surface area contributed by atoms with E-state index in [2.05, 4.69) is 11.4 Å². The molecule has 9 nitrogen and oxygen atoms in total. The number of carbonyl (C=O) groups excluding carboxylic acids is 2. The van der Waals surface area contributed by atoms with Gasteiger partial charge in [-0.15, -0.1) is 0 Å². The monoisotopic (exact) mass is 453 g/mol. The van der Waals surface area contributed by atoms with Crippen LogP contribution in [0.5, 0.6) is 0 Å². The molecule has 0 aromatic carbocycles. The van der Waals surface area contributed by atoms with E-state index >= 15 is 0 Å². The van der Waals surface area contributed by atoms with Crippen molar-refractivity contribution in [2.24, 2.45) is 5.73 Å². The third-order valence-corrected chi connectivity index (χ3v) is 5.23. The Labute approximate surface area is 180 Å². The summed E-state index contributed by atoms with van der Waals surface area (Å²) in [5.41, 5.74) is 5.23. The van der Waals surface area contributed by atoms with Crippen LogP contribution < -0.4 is 5.73 Å². The van der Waals surface area contributed by atoms with Crippen molar-refractivity contribution in [3.63, 3.8) is 0 Å². The number of hydrogen-bond donors (Lipinski definition) is 2. The zero-order valence-corrected chi connectivity index (χ0v) is 19.4. The number of rotatable bonds is 20. The van der Waals surface area contributed by atoms with Crippen molar-refractivity contribution < 1.29 is 37.6 Å². The first-order valence-corrected chi connectivity index (χ1v) is 12.5. The quantitative estimate of drug-likeness (QED) is 0.160. The second-order valence-electron chi connectivity index (χ2n) is 7.16. The van der Waals surface area contributed by atoms with E-state index in [9.17, 15) is 19.0 Å². The lowest BCUT2D eigenvalue weighted by Crippen LogP contribution is -2.29. The molecule has 0 heterocycles. The van der Waals surface area contributed by atoms with Gasteiger partial charge in [0.05, 0.1) is 13.2 Å². The van der Waals surface area contributed by atoms with Crippen LogP contribution in [0.3, 0.4) is 0 Å². The molecular weight excluding hydrogens is 413 g/mol. The van der Waals surface area contributed by atoms with Crippen LogP contribution in [0.2, 0.25) is 0 Å². The summed E-state index contributed by atoms with van der Waals surface area (Å²) in [5.74, 6) is -0.872. The molecule has 1 unspecified atom stereocenters. The third-order valence-electron chi connectivity index (χ3n) is 4.24. The minimum absolute atomic E-state index is 0.0554. The van der Waals surface area contributed by atoms with Gasteiger partial charge < -0.3 is 20.1 Å². The van der Waals surface area contributed by atoms with Gasteiger partial charge in [-0.1, -0.05) is 58.8 Å². The lowest BCUT2D eigenvalue weighted by molar-refractivity contribution is -0.161. The summed E-state index contributed by atoms with van der Waals surface area (Å²) in [7, 11) is -4.32. The number of carbonyl (C=O) groups is 2. The van der Waals surface area contributed by atoms with Crippen molar-refractivity contribution in [2.75, 3.05) is 26.4 Å². The molecule has 0 aliphatic rings. The summed E-state index contributed by atoms with van der Waals surface area (Å²) in [6.07, 6.45) is 8.34. The van der Waals surface area contributed by atoms with Gasteiger partial charge in [-0.3, -0.25) is 18.6 Å². The molecule has 3 N–H and O–H groups in total. The van der Waals surface area contributed by atoms with Crippen LogP contribution in [-0.2, 0) is 32.7 Å². The van der Waals surface area contributed by atoms with Crippen LogP contribution in [0.4, 0.5) is 0 Å². The van der Waals surface area contributed by atoms with Crippen LogP contribution >= 0.6 is 7.82 Å². The fourth-order valence-electron chi connectivity index (χ4n) is 2.57. The summed E-state index contributed by atoms with van der Waals surface area (Å²) in [5, 5.41) is 0. The van der Waals surface area contributed by atoms with Gasteiger partial charge in [-0.2, -0.15) is 0 Å². The lowest BCUT2D eigenvalue weighted by atomic mass is 10.1. The second kappa shape index (κ2) is 18.8. The zero-order valence-electron chi connectivity index (χ0n) is 18.5. The average Bonchev–Trinajstić information content (AvgIpc) is 2.71. The molecule has 2 atom stereocenters. The predicted octanol–water partition coefficient (Wildman–Crippen LogP) is 3.86. The molecule has 0 saturated heterocycles. The van der Waals surface area contributed by atoms with Gasteiger partial charge in [0.15, 0.2) is 6.10 Å². The number of nitrogens with two attached hydrogens (primary N) is 1. The summed E-state index contributed by atoms with van der Waals surface area (Å²) < 4.78 is 31.7. The zero-order chi connectivity index (χ0) is 22.7. The Bertz CT molecular complexity index is 503. The molecule has 0 amide bonds. The Morgan fingerprint density at radius 3 is 2.10 bits per heavy atom. The third kappa shape index (κ3) is 17.8. The molecule has 0 bridgehead atoms. The Kier molecular flexibility index (Phi) is 18.1. The molecule has 0 saturated carbocycles. The summed E-state index contributed by atoms with van der Waals surface area (Å²) in [6, 6.07) is 0. The van der Waals surface area contributed by atoms with E-state index < -0.39 is 32.5 Å². The van der Waals surface area contributed by atoms with Crippen LogP contribution in [0.1, 0.15) is 84.5 Å². The fourth-order valence-corrected chi connectivity index (χ4v) is 3.34. The first-order valence-electron chi connectivity index (χ1n) is 11.0. The minimum atomic E-state index is -4.32. The van der Waals surface area contributed by atoms with Gasteiger partial charge in [0.25, 0.3) is 0 Å². The molecule has 178 valence electrons. The van der Waals surface area contributed by atoms with Crippen LogP contribution in [0, 0.1) is 0 Å². The van der Waals surface area contributed by atoms with E-state index in [-0.39, 0.29) is 32.6 Å². The summed E-state index contributed by atoms with van der Waals surface area (Å²) >= 11 is 0. The van der Waals surface area contributed by atoms with Crippen molar-refractivity contribution in [2.45, 2.75) is 90.6 Å². The van der Waals surface area contributed by atoms with E-state index in [1.165, 1.54) is 12.8 Å². The Hall–Kier alpha value is -0.990. The predicted molar refractivity (Wildman–Crippen MR) is 114 cm³/mol. The topological polar surface area (TPSA) is 134 Å². The van der Waals surface area contributed by atoms with Crippen molar-refractivity contribution in [3.8, 4) is 0 Å². The van der Waals surface area contributed by atoms with Crippen molar-refractivity contribution in [3.05, 3.63) is 0 Å². The van der Waals surface area contributed by atoms with Gasteiger partial charge in [0, 0.05) is 19.4 Å². The molecule has 0 spiro atoms. The molecule has 10 heteroatoms. The van der Waals surface area contributed by atoms with Crippen LogP contribution in [0.25, 0.3) is 0 Å². The highest BCUT2D eigenvalue weighted by Gasteiger charge is 2.25. The maximum absolute atomic E-state index is 12.0. The maximum atomic E-state index is 12.0. The van der Waals surface area contributed by atoms with Gasteiger partial charge in [-0.05, 0) is 12.8 Å². The van der Waals surface area contributed by atoms with Gasteiger partial charge in [0.2, 0.25) is 0 Å². The van der Waals surface area contributed by atoms with E-state index in [0.717, 1.165) is 38.5 Å². The minimum Gasteiger partial charge on any atom is -0.462 e. The largest absolute Gasteiger partial charge is 0.472 e. The van der Waals surface area contributed by atoms with E-state index in [1.807, 2.05) is 6.92 Å². The molecule has 0 fully saturated rings. The highest BCUT2D eigenvalue weighted by atomic mass is 31.2. The van der Waals surface area contributed by atoms with E-state index in [4.69, 9.17) is 19.7 Å². The number of phosphoric ester groups is 1. The van der Waals surface area contributed by atoms with Gasteiger partial charge in [-0.25, -0.2) is 4.57 Å². The second-order valence-corrected chi connectivity index (χ2v) is 8.61. The normalized spacial score (nSPS) is 14.1. The van der Waals surface area contributed by atoms with Crippen LogP contribution in [-0.4, -0.2) is 49.3 Å². The number of phosphoric acid groups is 1. The molecular formula is C20H40NO8P. The van der Waals surface area contributed by atoms with Crippen molar-refractivity contribution >= 4 is 19.8 Å². The summed E-state index contributed by atoms with van der Waals surface area (Å²) in [6.45, 7) is 3.40. The molecule has 0 aliphatic carbocycles. The molecule has 0 aromatic rings. The first-order chi connectivity index (χ1) is 14.3. The van der Waals surface area contributed by atoms with Gasteiger partial charge >= 0.3 is 19.8 Å². The maximum Gasteiger partial charge on any atom is 0.472 e. The number of esters is 2. The van der Waals surface area contributed by atoms with Crippen LogP contribution in [0.15, 0.2) is 0 Å². The first kappa shape index (κ1) is 29.0. The highest BCUT2D eigenvalue weighted by molar-refractivity contribution is 7.47. The highest BCUT2D eigenvalue weighted by Crippen LogP contribution is 2.43. The number of hydrogen-bond acceptors (Lipinski definition) is 8. The number of unbranched alkanes of at least 4 members (excludes halogenated alkanes) is 7. The molecule has 30 heavy (non-hydrogen) atoms. The van der Waals surface area contributed by atoms with E-state index in [1.54, 1.807) is 0 Å².